The Kier molecular flexibility index (Phi) is 4.09. The molecule has 0 unspecified atom stereocenters. The van der Waals surface area contributed by atoms with Gasteiger partial charge in [-0.05, 0) is 30.4 Å². The Morgan fingerprint density at radius 3 is 2.35 bits per heavy atom. The van der Waals surface area contributed by atoms with Crippen molar-refractivity contribution in [3.8, 4) is 0 Å². The summed E-state index contributed by atoms with van der Waals surface area (Å²) in [5.41, 5.74) is 4.79. The maximum Gasteiger partial charge on any atom is 0.271 e. The normalized spacial score (nSPS) is 27.7. The van der Waals surface area contributed by atoms with Gasteiger partial charge >= 0.3 is 0 Å². The smallest absolute Gasteiger partial charge is 0.271 e. The predicted octanol–water partition coefficient (Wildman–Crippen LogP) is 0.289. The van der Waals surface area contributed by atoms with Crippen LogP contribution >= 0.6 is 11.6 Å². The first-order chi connectivity index (χ1) is 11.0. The third-order valence-electron chi connectivity index (χ3n) is 4.45. The number of hydrogen-bond donors (Lipinski definition) is 2. The fraction of sp³-hybridized carbons (Fsp3) is 0.312. The maximum absolute atomic E-state index is 12.3. The van der Waals surface area contributed by atoms with E-state index in [4.69, 9.17) is 11.6 Å². The minimum atomic E-state index is -1.24. The van der Waals surface area contributed by atoms with Crippen LogP contribution in [0.15, 0.2) is 36.4 Å². The summed E-state index contributed by atoms with van der Waals surface area (Å²) >= 11 is 5.91. The number of carbonyl (C=O) groups is 3. The molecule has 1 fully saturated rings. The molecule has 0 radical (unpaired) electrons. The highest BCUT2D eigenvalue weighted by atomic mass is 35.5. The van der Waals surface area contributed by atoms with E-state index in [9.17, 15) is 19.5 Å². The van der Waals surface area contributed by atoms with E-state index in [1.54, 1.807) is 18.2 Å². The number of fused-ring (bicyclic) bond motifs is 2. The van der Waals surface area contributed by atoms with E-state index in [0.29, 0.717) is 6.42 Å². The van der Waals surface area contributed by atoms with Crippen molar-refractivity contribution in [1.29, 1.82) is 0 Å². The summed E-state index contributed by atoms with van der Waals surface area (Å²) in [5, 5.41) is 11.5. The summed E-state index contributed by atoms with van der Waals surface area (Å²) in [5.74, 6) is -4.24. The zero-order valence-electron chi connectivity index (χ0n) is 12.0. The van der Waals surface area contributed by atoms with E-state index in [1.165, 1.54) is 6.07 Å². The van der Waals surface area contributed by atoms with Crippen LogP contribution in [0.4, 0.5) is 0 Å². The van der Waals surface area contributed by atoms with Crippen molar-refractivity contribution in [3.63, 3.8) is 0 Å². The molecule has 120 valence electrons. The third-order valence-corrected chi connectivity index (χ3v) is 4.78. The second kappa shape index (κ2) is 6.04. The number of benzene rings is 1. The number of allylic oxidation sites excluding steroid dienone is 2. The van der Waals surface area contributed by atoms with Crippen molar-refractivity contribution in [1.82, 2.24) is 10.9 Å². The summed E-state index contributed by atoms with van der Waals surface area (Å²) in [6.07, 6.45) is 4.29. The van der Waals surface area contributed by atoms with Crippen molar-refractivity contribution in [2.75, 3.05) is 0 Å². The molecule has 2 N–H and O–H groups in total. The zero-order chi connectivity index (χ0) is 16.6. The Morgan fingerprint density at radius 2 is 1.70 bits per heavy atom. The van der Waals surface area contributed by atoms with E-state index in [2.05, 4.69) is 10.9 Å². The number of aliphatic carboxylic acids is 1. The van der Waals surface area contributed by atoms with Gasteiger partial charge < -0.3 is 9.90 Å². The Balaban J connectivity index is 1.66. The molecule has 2 bridgehead atoms. The fourth-order valence-electron chi connectivity index (χ4n) is 3.42. The summed E-state index contributed by atoms with van der Waals surface area (Å²) in [7, 11) is 0. The van der Waals surface area contributed by atoms with E-state index in [1.807, 2.05) is 12.2 Å². The average Bonchev–Trinajstić information content (AvgIpc) is 3.13. The van der Waals surface area contributed by atoms with Crippen LogP contribution in [0.1, 0.15) is 16.8 Å². The van der Waals surface area contributed by atoms with E-state index in [0.717, 1.165) is 0 Å². The number of halogens is 1. The largest absolute Gasteiger partial charge is 0.550 e. The van der Waals surface area contributed by atoms with Crippen LogP contribution in [-0.2, 0) is 9.59 Å². The maximum atomic E-state index is 12.3. The summed E-state index contributed by atoms with van der Waals surface area (Å²) in [6.45, 7) is 0. The van der Waals surface area contributed by atoms with Crippen molar-refractivity contribution in [2.24, 2.45) is 23.7 Å². The predicted molar refractivity (Wildman–Crippen MR) is 79.8 cm³/mol. The standard InChI is InChI=1S/C16H15ClN2O4/c17-11-4-2-1-3-10(11)14(20)18-19-15(21)12-8-5-6-9(7-8)13(12)16(22)23/h1-6,8-9,12-13H,7H2,(H,18,20)(H,19,21)(H,22,23)/p-1/t8-,9-,12-,13-/m0/s1. The van der Waals surface area contributed by atoms with E-state index >= 15 is 0 Å². The minimum absolute atomic E-state index is 0.139. The number of rotatable bonds is 3. The first kappa shape index (κ1) is 15.6. The lowest BCUT2D eigenvalue weighted by atomic mass is 9.82. The molecule has 23 heavy (non-hydrogen) atoms. The van der Waals surface area contributed by atoms with Gasteiger partial charge in [0.05, 0.1) is 16.5 Å². The van der Waals surface area contributed by atoms with Crippen LogP contribution < -0.4 is 16.0 Å². The molecule has 0 heterocycles. The average molecular weight is 334 g/mol. The fourth-order valence-corrected chi connectivity index (χ4v) is 3.64. The van der Waals surface area contributed by atoms with Crippen LogP contribution in [0.25, 0.3) is 0 Å². The van der Waals surface area contributed by atoms with Gasteiger partial charge in [0.15, 0.2) is 0 Å². The van der Waals surface area contributed by atoms with Crippen LogP contribution in [0.3, 0.4) is 0 Å². The summed E-state index contributed by atoms with van der Waals surface area (Å²) in [6, 6.07) is 6.42. The Bertz CT molecular complexity index is 703. The van der Waals surface area contributed by atoms with Crippen LogP contribution in [0, 0.1) is 23.7 Å². The molecule has 3 rings (SSSR count). The number of amides is 2. The third kappa shape index (κ3) is 2.82. The lowest BCUT2D eigenvalue weighted by molar-refractivity contribution is -0.313. The van der Waals surface area contributed by atoms with Gasteiger partial charge in [-0.25, -0.2) is 0 Å². The molecule has 1 aromatic carbocycles. The van der Waals surface area contributed by atoms with Gasteiger partial charge in [0.1, 0.15) is 0 Å². The van der Waals surface area contributed by atoms with Crippen LogP contribution in [0.2, 0.25) is 5.02 Å². The molecule has 0 saturated heterocycles. The number of nitrogens with one attached hydrogen (secondary N) is 2. The highest BCUT2D eigenvalue weighted by Gasteiger charge is 2.48. The Hall–Kier alpha value is -2.34. The van der Waals surface area contributed by atoms with Gasteiger partial charge in [0.25, 0.3) is 5.91 Å². The minimum Gasteiger partial charge on any atom is -0.550 e. The SMILES string of the molecule is O=C(NNC(=O)[C@@H]1[C@@H](C(=O)[O-])[C@H]2C=C[C@H]1C2)c1ccccc1Cl. The van der Waals surface area contributed by atoms with Gasteiger partial charge in [-0.1, -0.05) is 35.9 Å². The highest BCUT2D eigenvalue weighted by Crippen LogP contribution is 2.47. The van der Waals surface area contributed by atoms with Crippen molar-refractivity contribution < 1.29 is 19.5 Å². The second-order valence-corrected chi connectivity index (χ2v) is 6.15. The van der Waals surface area contributed by atoms with Crippen LogP contribution in [-0.4, -0.2) is 17.8 Å². The van der Waals surface area contributed by atoms with E-state index in [-0.39, 0.29) is 22.4 Å². The molecule has 0 aliphatic heterocycles. The van der Waals surface area contributed by atoms with Crippen molar-refractivity contribution in [2.45, 2.75) is 6.42 Å². The van der Waals surface area contributed by atoms with Gasteiger partial charge in [-0.15, -0.1) is 0 Å². The molecule has 2 aliphatic carbocycles. The number of hydrogen-bond acceptors (Lipinski definition) is 4. The first-order valence-electron chi connectivity index (χ1n) is 7.23. The van der Waals surface area contributed by atoms with Gasteiger partial charge in [0.2, 0.25) is 5.91 Å². The Labute approximate surface area is 137 Å². The molecule has 1 aromatic rings. The number of carbonyl (C=O) groups excluding carboxylic acids is 3. The summed E-state index contributed by atoms with van der Waals surface area (Å²) in [4.78, 5) is 35.6. The lowest BCUT2D eigenvalue weighted by Crippen LogP contribution is -2.50. The van der Waals surface area contributed by atoms with Crippen LogP contribution in [0.5, 0.6) is 0 Å². The molecule has 7 heteroatoms. The van der Waals surface area contributed by atoms with Gasteiger partial charge in [0, 0.05) is 11.9 Å². The molecule has 0 spiro atoms. The lowest BCUT2D eigenvalue weighted by Gasteiger charge is -2.27. The highest BCUT2D eigenvalue weighted by molar-refractivity contribution is 6.33. The molecule has 2 aliphatic rings. The van der Waals surface area contributed by atoms with Crippen molar-refractivity contribution in [3.05, 3.63) is 47.0 Å². The molecule has 0 aromatic heterocycles. The molecular formula is C16H14ClN2O4-. The zero-order valence-corrected chi connectivity index (χ0v) is 12.7. The molecule has 6 nitrogen and oxygen atoms in total. The van der Waals surface area contributed by atoms with Gasteiger partial charge in [-0.2, -0.15) is 0 Å². The summed E-state index contributed by atoms with van der Waals surface area (Å²) < 4.78 is 0. The second-order valence-electron chi connectivity index (χ2n) is 5.74. The topological polar surface area (TPSA) is 98.3 Å². The number of carboxylic acid groups (broad SMARTS) is 1. The molecular weight excluding hydrogens is 320 g/mol. The molecule has 1 saturated carbocycles. The van der Waals surface area contributed by atoms with Crippen molar-refractivity contribution >= 4 is 29.4 Å². The number of carboxylic acids is 1. The Morgan fingerprint density at radius 1 is 1.04 bits per heavy atom. The van der Waals surface area contributed by atoms with Gasteiger partial charge in [-0.3, -0.25) is 20.4 Å². The van der Waals surface area contributed by atoms with E-state index < -0.39 is 29.6 Å². The number of hydrazine groups is 1. The first-order valence-corrected chi connectivity index (χ1v) is 7.60. The molecule has 2 amide bonds. The quantitative estimate of drug-likeness (QED) is 0.613. The molecule has 4 atom stereocenters. The monoisotopic (exact) mass is 333 g/mol.